The summed E-state index contributed by atoms with van der Waals surface area (Å²) in [5, 5.41) is 8.09. The molecule has 0 saturated carbocycles. The molecule has 0 aromatic heterocycles. The Morgan fingerprint density at radius 3 is 2.06 bits per heavy atom. The average Bonchev–Trinajstić information content (AvgIpc) is 3.12. The smallest absolute Gasteiger partial charge is 0.272 e. The second-order valence-electron chi connectivity index (χ2n) is 10.5. The molecule has 3 amide bonds. The molecule has 242 valence electrons. The molecule has 3 N–H and O–H groups in total. The standard InChI is InChI=1S/C39H35N3O5S/c1-3-47-33-21-17-27(18-22-33)25-35(42-37(43)29-13-8-5-9-14-29)38(44)41-31-15-10-16-34(26-31)48-36(28-11-6-4-7-12-28)39(45)40-30-19-23-32(46-2)24-20-30/h4-26,36H,3H2,1-2H3,(H,40,45)(H,41,44)(H,42,43)/b35-25+. The van der Waals surface area contributed by atoms with E-state index in [9.17, 15) is 14.4 Å². The van der Waals surface area contributed by atoms with E-state index in [0.29, 0.717) is 40.6 Å². The number of methoxy groups -OCH3 is 1. The normalized spacial score (nSPS) is 11.6. The van der Waals surface area contributed by atoms with E-state index in [2.05, 4.69) is 16.0 Å². The molecule has 5 rings (SSSR count). The SMILES string of the molecule is CCOc1ccc(/C=C(/NC(=O)c2ccccc2)C(=O)Nc2cccc(SC(C(=O)Nc3ccc(OC)cc3)c3ccccc3)c2)cc1. The Labute approximate surface area is 284 Å². The molecule has 0 bridgehead atoms. The van der Waals surface area contributed by atoms with E-state index in [1.165, 1.54) is 11.8 Å². The second kappa shape index (κ2) is 16.7. The molecule has 5 aromatic carbocycles. The van der Waals surface area contributed by atoms with Crippen LogP contribution in [0.1, 0.15) is 33.7 Å². The quantitative estimate of drug-likeness (QED) is 0.0876. The van der Waals surface area contributed by atoms with Gasteiger partial charge in [-0.2, -0.15) is 0 Å². The summed E-state index contributed by atoms with van der Waals surface area (Å²) in [5.74, 6) is 0.274. The summed E-state index contributed by atoms with van der Waals surface area (Å²) in [4.78, 5) is 41.1. The summed E-state index contributed by atoms with van der Waals surface area (Å²) < 4.78 is 10.8. The highest BCUT2D eigenvalue weighted by Gasteiger charge is 2.23. The number of amides is 3. The zero-order valence-electron chi connectivity index (χ0n) is 26.5. The first-order chi connectivity index (χ1) is 23.4. The number of hydrogen-bond acceptors (Lipinski definition) is 6. The predicted molar refractivity (Wildman–Crippen MR) is 191 cm³/mol. The van der Waals surface area contributed by atoms with Gasteiger partial charge in [0.05, 0.1) is 13.7 Å². The third-order valence-electron chi connectivity index (χ3n) is 7.07. The van der Waals surface area contributed by atoms with Crippen LogP contribution in [0.25, 0.3) is 6.08 Å². The molecule has 8 nitrogen and oxygen atoms in total. The van der Waals surface area contributed by atoms with Crippen LogP contribution in [0, 0.1) is 0 Å². The van der Waals surface area contributed by atoms with Crippen LogP contribution in [0.2, 0.25) is 0 Å². The van der Waals surface area contributed by atoms with Gasteiger partial charge in [0.25, 0.3) is 11.8 Å². The van der Waals surface area contributed by atoms with Crippen molar-refractivity contribution in [2.45, 2.75) is 17.1 Å². The minimum atomic E-state index is -0.584. The van der Waals surface area contributed by atoms with Crippen LogP contribution in [0.15, 0.2) is 144 Å². The van der Waals surface area contributed by atoms with E-state index in [1.54, 1.807) is 92.0 Å². The van der Waals surface area contributed by atoms with Gasteiger partial charge < -0.3 is 25.4 Å². The van der Waals surface area contributed by atoms with Crippen molar-refractivity contribution in [3.8, 4) is 11.5 Å². The van der Waals surface area contributed by atoms with Gasteiger partial charge in [-0.15, -0.1) is 11.8 Å². The maximum atomic E-state index is 13.7. The Bertz CT molecular complexity index is 1860. The third kappa shape index (κ3) is 9.37. The Morgan fingerprint density at radius 1 is 0.729 bits per heavy atom. The van der Waals surface area contributed by atoms with E-state index in [1.807, 2.05) is 61.5 Å². The summed E-state index contributed by atoms with van der Waals surface area (Å²) in [6.07, 6.45) is 1.61. The largest absolute Gasteiger partial charge is 0.497 e. The lowest BCUT2D eigenvalue weighted by molar-refractivity contribution is -0.116. The fourth-order valence-corrected chi connectivity index (χ4v) is 5.78. The molecule has 1 atom stereocenters. The van der Waals surface area contributed by atoms with Crippen molar-refractivity contribution in [3.05, 3.63) is 156 Å². The van der Waals surface area contributed by atoms with E-state index >= 15 is 0 Å². The fraction of sp³-hybridized carbons (Fsp3) is 0.103. The topological polar surface area (TPSA) is 106 Å². The summed E-state index contributed by atoms with van der Waals surface area (Å²) in [5.41, 5.74) is 3.15. The highest BCUT2D eigenvalue weighted by molar-refractivity contribution is 8.00. The summed E-state index contributed by atoms with van der Waals surface area (Å²) in [7, 11) is 1.59. The molecule has 9 heteroatoms. The Kier molecular flexibility index (Phi) is 11.7. The molecular formula is C39H35N3O5S. The van der Waals surface area contributed by atoms with Crippen LogP contribution >= 0.6 is 11.8 Å². The van der Waals surface area contributed by atoms with Gasteiger partial charge in [-0.3, -0.25) is 14.4 Å². The van der Waals surface area contributed by atoms with Gasteiger partial charge in [-0.1, -0.05) is 66.7 Å². The van der Waals surface area contributed by atoms with Crippen molar-refractivity contribution in [3.63, 3.8) is 0 Å². The van der Waals surface area contributed by atoms with Gasteiger partial charge in [-0.05, 0) is 90.9 Å². The van der Waals surface area contributed by atoms with E-state index in [-0.39, 0.29) is 11.6 Å². The van der Waals surface area contributed by atoms with Gasteiger partial charge >= 0.3 is 0 Å². The number of rotatable bonds is 13. The third-order valence-corrected chi connectivity index (χ3v) is 8.32. The number of carbonyl (C=O) groups is 3. The van der Waals surface area contributed by atoms with Crippen LogP contribution in [-0.2, 0) is 9.59 Å². The van der Waals surface area contributed by atoms with Crippen molar-refractivity contribution < 1.29 is 23.9 Å². The van der Waals surface area contributed by atoms with Crippen LogP contribution in [0.4, 0.5) is 11.4 Å². The van der Waals surface area contributed by atoms with Crippen molar-refractivity contribution in [2.24, 2.45) is 0 Å². The molecule has 0 fully saturated rings. The number of carbonyl (C=O) groups excluding carboxylic acids is 3. The first kappa shape index (κ1) is 33.6. The van der Waals surface area contributed by atoms with Gasteiger partial charge in [-0.25, -0.2) is 0 Å². The first-order valence-electron chi connectivity index (χ1n) is 15.3. The zero-order chi connectivity index (χ0) is 33.7. The maximum Gasteiger partial charge on any atom is 0.272 e. The van der Waals surface area contributed by atoms with Crippen molar-refractivity contribution in [1.82, 2.24) is 5.32 Å². The Hall–Kier alpha value is -5.80. The van der Waals surface area contributed by atoms with Crippen LogP contribution in [0.3, 0.4) is 0 Å². The number of hydrogen-bond donors (Lipinski definition) is 3. The number of nitrogens with one attached hydrogen (secondary N) is 3. The van der Waals surface area contributed by atoms with Crippen molar-refractivity contribution >= 4 is 46.9 Å². The molecule has 0 heterocycles. The second-order valence-corrected chi connectivity index (χ2v) is 11.7. The fourth-order valence-electron chi connectivity index (χ4n) is 4.70. The van der Waals surface area contributed by atoms with Crippen LogP contribution < -0.4 is 25.4 Å². The molecule has 0 aliphatic rings. The molecule has 0 aliphatic carbocycles. The molecule has 0 aliphatic heterocycles. The molecule has 0 radical (unpaired) electrons. The van der Waals surface area contributed by atoms with Crippen molar-refractivity contribution in [1.29, 1.82) is 0 Å². The van der Waals surface area contributed by atoms with Gasteiger partial charge in [0.15, 0.2) is 0 Å². The maximum absolute atomic E-state index is 13.7. The average molecular weight is 658 g/mol. The van der Waals surface area contributed by atoms with Gasteiger partial charge in [0, 0.05) is 21.8 Å². The monoisotopic (exact) mass is 657 g/mol. The molecule has 0 spiro atoms. The van der Waals surface area contributed by atoms with Gasteiger partial charge in [0.2, 0.25) is 5.91 Å². The molecule has 0 saturated heterocycles. The summed E-state index contributed by atoms with van der Waals surface area (Å²) in [6, 6.07) is 39.8. The molecule has 48 heavy (non-hydrogen) atoms. The Morgan fingerprint density at radius 2 is 1.40 bits per heavy atom. The summed E-state index contributed by atoms with van der Waals surface area (Å²) >= 11 is 1.36. The number of anilines is 2. The number of ether oxygens (including phenoxy) is 2. The van der Waals surface area contributed by atoms with E-state index in [0.717, 1.165) is 10.5 Å². The van der Waals surface area contributed by atoms with Gasteiger partial charge in [0.1, 0.15) is 22.4 Å². The van der Waals surface area contributed by atoms with Crippen LogP contribution in [0.5, 0.6) is 11.5 Å². The Balaban J connectivity index is 1.36. The highest BCUT2D eigenvalue weighted by Crippen LogP contribution is 2.37. The molecule has 5 aromatic rings. The lowest BCUT2D eigenvalue weighted by atomic mass is 10.1. The lowest BCUT2D eigenvalue weighted by Crippen LogP contribution is -2.30. The number of benzene rings is 5. The van der Waals surface area contributed by atoms with E-state index < -0.39 is 17.1 Å². The zero-order valence-corrected chi connectivity index (χ0v) is 27.3. The highest BCUT2D eigenvalue weighted by atomic mass is 32.2. The van der Waals surface area contributed by atoms with Crippen molar-refractivity contribution in [2.75, 3.05) is 24.4 Å². The van der Waals surface area contributed by atoms with E-state index in [4.69, 9.17) is 9.47 Å². The summed E-state index contributed by atoms with van der Waals surface area (Å²) in [6.45, 7) is 2.44. The first-order valence-corrected chi connectivity index (χ1v) is 16.2. The lowest BCUT2D eigenvalue weighted by Gasteiger charge is -2.18. The number of thioether (sulfide) groups is 1. The minimum Gasteiger partial charge on any atom is -0.497 e. The van der Waals surface area contributed by atoms with Crippen LogP contribution in [-0.4, -0.2) is 31.4 Å². The minimum absolute atomic E-state index is 0.0621. The molecule has 1 unspecified atom stereocenters. The molecular weight excluding hydrogens is 623 g/mol. The predicted octanol–water partition coefficient (Wildman–Crippen LogP) is 7.98.